The van der Waals surface area contributed by atoms with E-state index in [1.165, 1.54) is 18.4 Å². The fourth-order valence-electron chi connectivity index (χ4n) is 4.07. The summed E-state index contributed by atoms with van der Waals surface area (Å²) in [6, 6.07) is 10.0. The van der Waals surface area contributed by atoms with Gasteiger partial charge in [-0.15, -0.1) is 0 Å². The zero-order valence-corrected chi connectivity index (χ0v) is 24.0. The number of thiazole rings is 1. The second-order valence-corrected chi connectivity index (χ2v) is 10.8. The molecule has 0 spiro atoms. The van der Waals surface area contributed by atoms with Crippen LogP contribution in [0.4, 0.5) is 0 Å². The number of esters is 1. The van der Waals surface area contributed by atoms with Crippen molar-refractivity contribution >= 4 is 46.0 Å². The molecule has 194 valence electrons. The number of phenolic OH excluding ortho intramolecular Hbond substituents is 1. The number of halogens is 1. The van der Waals surface area contributed by atoms with E-state index in [9.17, 15) is 14.7 Å². The maximum absolute atomic E-state index is 13.8. The van der Waals surface area contributed by atoms with Crippen LogP contribution < -0.4 is 24.4 Å². The Balaban J connectivity index is 1.92. The van der Waals surface area contributed by atoms with E-state index in [4.69, 9.17) is 14.2 Å². The molecule has 8 nitrogen and oxygen atoms in total. The molecule has 1 aliphatic rings. The second kappa shape index (κ2) is 11.1. The third-order valence-electron chi connectivity index (χ3n) is 5.66. The van der Waals surface area contributed by atoms with Gasteiger partial charge in [0.2, 0.25) is 0 Å². The fraction of sp³-hybridized carbons (Fsp3) is 0.296. The van der Waals surface area contributed by atoms with Crippen LogP contribution in [0.15, 0.2) is 57.5 Å². The summed E-state index contributed by atoms with van der Waals surface area (Å²) in [7, 11) is 1.47. The van der Waals surface area contributed by atoms with Crippen LogP contribution in [0.25, 0.3) is 6.08 Å². The summed E-state index contributed by atoms with van der Waals surface area (Å²) >= 11 is 3.24. The van der Waals surface area contributed by atoms with Crippen molar-refractivity contribution in [2.45, 2.75) is 39.8 Å². The van der Waals surface area contributed by atoms with Gasteiger partial charge in [-0.1, -0.05) is 23.5 Å². The van der Waals surface area contributed by atoms with Crippen molar-refractivity contribution < 1.29 is 24.1 Å². The highest BCUT2D eigenvalue weighted by Crippen LogP contribution is 2.33. The molecule has 10 heteroatoms. The summed E-state index contributed by atoms with van der Waals surface area (Å²) in [6.07, 6.45) is 1.40. The van der Waals surface area contributed by atoms with E-state index in [-0.39, 0.29) is 17.4 Å². The Morgan fingerprint density at radius 1 is 1.27 bits per heavy atom. The zero-order valence-electron chi connectivity index (χ0n) is 21.1. The van der Waals surface area contributed by atoms with Gasteiger partial charge in [-0.25, -0.2) is 9.79 Å². The lowest BCUT2D eigenvalue weighted by atomic mass is 9.96. The second-order valence-electron chi connectivity index (χ2n) is 8.59. The van der Waals surface area contributed by atoms with E-state index in [1.807, 2.05) is 53.8 Å². The molecule has 1 aromatic heterocycles. The number of nitrogens with zero attached hydrogens (tertiary/aromatic N) is 2. The number of hydrogen-bond donors (Lipinski definition) is 1. The standard InChI is InChI=1S/C27H27IN2O6S/c1-6-35-18-9-7-17(8-10-18)23-22(26(33)36-14(2)3)15(4)29-27-30(23)25(32)21(37-27)13-16-11-19(28)24(31)20(12-16)34-5/h7-14,23,31H,6H2,1-5H3/b21-13+/t23-/m0/s1. The van der Waals surface area contributed by atoms with Crippen LogP contribution in [0.2, 0.25) is 0 Å². The molecular weight excluding hydrogens is 607 g/mol. The van der Waals surface area contributed by atoms with E-state index in [0.29, 0.717) is 47.8 Å². The van der Waals surface area contributed by atoms with Gasteiger partial charge in [-0.05, 0) is 91.8 Å². The number of hydrogen-bond acceptors (Lipinski definition) is 8. The summed E-state index contributed by atoms with van der Waals surface area (Å²) in [4.78, 5) is 32.1. The topological polar surface area (TPSA) is 99.4 Å². The van der Waals surface area contributed by atoms with Crippen molar-refractivity contribution in [1.29, 1.82) is 0 Å². The molecule has 1 atom stereocenters. The van der Waals surface area contributed by atoms with Crippen LogP contribution in [0, 0.1) is 3.57 Å². The summed E-state index contributed by atoms with van der Waals surface area (Å²) in [5.74, 6) is 0.540. The zero-order chi connectivity index (χ0) is 26.9. The van der Waals surface area contributed by atoms with Gasteiger partial charge >= 0.3 is 5.97 Å². The Labute approximate surface area is 231 Å². The minimum absolute atomic E-state index is 0.0427. The van der Waals surface area contributed by atoms with E-state index in [2.05, 4.69) is 4.99 Å². The largest absolute Gasteiger partial charge is 0.504 e. The van der Waals surface area contributed by atoms with Gasteiger partial charge < -0.3 is 19.3 Å². The monoisotopic (exact) mass is 634 g/mol. The first-order valence-electron chi connectivity index (χ1n) is 11.7. The van der Waals surface area contributed by atoms with Crippen LogP contribution in [-0.4, -0.2) is 35.5 Å². The summed E-state index contributed by atoms with van der Waals surface area (Å²) in [5.41, 5.74) is 1.96. The Kier molecular flexibility index (Phi) is 8.08. The Morgan fingerprint density at radius 2 is 1.97 bits per heavy atom. The number of rotatable bonds is 7. The molecule has 0 amide bonds. The third-order valence-corrected chi connectivity index (χ3v) is 7.46. The van der Waals surface area contributed by atoms with Gasteiger partial charge in [0.1, 0.15) is 5.75 Å². The van der Waals surface area contributed by atoms with Crippen molar-refractivity contribution in [3.8, 4) is 17.2 Å². The molecule has 2 heterocycles. The number of ether oxygens (including phenoxy) is 3. The van der Waals surface area contributed by atoms with Crippen LogP contribution in [0.3, 0.4) is 0 Å². The van der Waals surface area contributed by atoms with E-state index in [1.54, 1.807) is 43.5 Å². The van der Waals surface area contributed by atoms with Gasteiger partial charge in [0.05, 0.1) is 45.2 Å². The summed E-state index contributed by atoms with van der Waals surface area (Å²) in [5, 5.41) is 10.2. The van der Waals surface area contributed by atoms with Crippen molar-refractivity contribution in [1.82, 2.24) is 4.57 Å². The molecule has 0 saturated heterocycles. The SMILES string of the molecule is CCOc1ccc([C@H]2C(C(=O)OC(C)C)=C(C)N=c3s/c(=C/c4cc(I)c(O)c(OC)c4)c(=O)n32)cc1. The highest BCUT2D eigenvalue weighted by molar-refractivity contribution is 14.1. The van der Waals surface area contributed by atoms with E-state index < -0.39 is 12.0 Å². The molecule has 37 heavy (non-hydrogen) atoms. The first kappa shape index (κ1) is 26.9. The van der Waals surface area contributed by atoms with Crippen LogP contribution in [0.5, 0.6) is 17.2 Å². The minimum atomic E-state index is -0.713. The highest BCUT2D eigenvalue weighted by atomic mass is 127. The Bertz CT molecular complexity index is 1550. The number of methoxy groups -OCH3 is 1. The number of aromatic nitrogens is 1. The first-order chi connectivity index (χ1) is 17.6. The van der Waals surface area contributed by atoms with Crippen LogP contribution >= 0.6 is 33.9 Å². The highest BCUT2D eigenvalue weighted by Gasteiger charge is 2.33. The average molecular weight is 634 g/mol. The number of benzene rings is 2. The fourth-order valence-corrected chi connectivity index (χ4v) is 5.74. The van der Waals surface area contributed by atoms with Gasteiger partial charge in [0, 0.05) is 0 Å². The van der Waals surface area contributed by atoms with Gasteiger partial charge in [-0.2, -0.15) is 0 Å². The quantitative estimate of drug-likeness (QED) is 0.313. The minimum Gasteiger partial charge on any atom is -0.504 e. The lowest BCUT2D eigenvalue weighted by Gasteiger charge is -2.25. The molecule has 2 aromatic carbocycles. The van der Waals surface area contributed by atoms with E-state index >= 15 is 0 Å². The first-order valence-corrected chi connectivity index (χ1v) is 13.6. The molecule has 1 N–H and O–H groups in total. The molecule has 1 aliphatic heterocycles. The Hall–Kier alpha value is -3.12. The maximum Gasteiger partial charge on any atom is 0.338 e. The van der Waals surface area contributed by atoms with Crippen LogP contribution in [0.1, 0.15) is 44.9 Å². The van der Waals surface area contributed by atoms with Crippen molar-refractivity contribution in [3.63, 3.8) is 0 Å². The van der Waals surface area contributed by atoms with Crippen molar-refractivity contribution in [3.05, 3.63) is 82.1 Å². The summed E-state index contributed by atoms with van der Waals surface area (Å²) in [6.45, 7) is 7.75. The van der Waals surface area contributed by atoms with Crippen molar-refractivity contribution in [2.75, 3.05) is 13.7 Å². The number of fused-ring (bicyclic) bond motifs is 1. The predicted octanol–water partition coefficient (Wildman–Crippen LogP) is 3.90. The molecule has 0 saturated carbocycles. The number of carbonyl (C=O) groups excluding carboxylic acids is 1. The molecule has 0 bridgehead atoms. The predicted molar refractivity (Wildman–Crippen MR) is 150 cm³/mol. The average Bonchev–Trinajstić information content (AvgIpc) is 3.14. The normalized spacial score (nSPS) is 15.4. The Morgan fingerprint density at radius 3 is 2.59 bits per heavy atom. The summed E-state index contributed by atoms with van der Waals surface area (Å²) < 4.78 is 18.9. The lowest BCUT2D eigenvalue weighted by Crippen LogP contribution is -2.40. The molecule has 0 aliphatic carbocycles. The number of carbonyl (C=O) groups is 1. The molecule has 3 aromatic rings. The molecule has 4 rings (SSSR count). The third kappa shape index (κ3) is 5.45. The number of phenols is 1. The lowest BCUT2D eigenvalue weighted by molar-refractivity contribution is -0.143. The number of aromatic hydroxyl groups is 1. The van der Waals surface area contributed by atoms with Gasteiger partial charge in [-0.3, -0.25) is 9.36 Å². The maximum atomic E-state index is 13.8. The molecule has 0 radical (unpaired) electrons. The molecular formula is C27H27IN2O6S. The van der Waals surface area contributed by atoms with Crippen molar-refractivity contribution in [2.24, 2.45) is 4.99 Å². The van der Waals surface area contributed by atoms with Crippen LogP contribution in [-0.2, 0) is 9.53 Å². The van der Waals surface area contributed by atoms with Gasteiger partial charge in [0.15, 0.2) is 16.3 Å². The molecule has 0 unspecified atom stereocenters. The van der Waals surface area contributed by atoms with Gasteiger partial charge in [0.25, 0.3) is 5.56 Å². The smallest absolute Gasteiger partial charge is 0.338 e. The number of allylic oxidation sites excluding steroid dienone is 1. The van der Waals surface area contributed by atoms with E-state index in [0.717, 1.165) is 5.56 Å². The molecule has 0 fully saturated rings.